The molecule has 6 bridgehead atoms. The number of amides is 3. The van der Waals surface area contributed by atoms with E-state index in [1.165, 1.54) is 50.3 Å². The number of carboxylic acid groups (broad SMARTS) is 1. The summed E-state index contributed by atoms with van der Waals surface area (Å²) in [6.45, 7) is 12.2. The van der Waals surface area contributed by atoms with Crippen LogP contribution in [0.5, 0.6) is 40.2 Å². The van der Waals surface area contributed by atoms with E-state index in [1.54, 1.807) is 83.9 Å². The van der Waals surface area contributed by atoms with Crippen molar-refractivity contribution < 1.29 is 121 Å². The molecule has 3 radical (unpaired) electrons. The van der Waals surface area contributed by atoms with Crippen molar-refractivity contribution in [2.24, 2.45) is 5.73 Å². The van der Waals surface area contributed by atoms with E-state index < -0.39 is 41.5 Å². The molecule has 10 aliphatic heterocycles. The van der Waals surface area contributed by atoms with Crippen LogP contribution in [-0.4, -0.2) is 315 Å². The summed E-state index contributed by atoms with van der Waals surface area (Å²) in [7, 11) is 10.2. The molecule has 8 N–H and O–H groups in total. The third-order valence-electron chi connectivity index (χ3n) is 27.4. The molecular formula is C104H139B3I4N9O26. The van der Waals surface area contributed by atoms with Crippen molar-refractivity contribution in [3.8, 4) is 40.2 Å². The van der Waals surface area contributed by atoms with Crippen LogP contribution in [0.15, 0.2) is 127 Å². The molecule has 35 nitrogen and oxygen atoms in total. The van der Waals surface area contributed by atoms with Gasteiger partial charge in [0.25, 0.3) is 40.0 Å². The molecule has 17 rings (SSSR count). The molecule has 7 aromatic rings. The van der Waals surface area contributed by atoms with Crippen molar-refractivity contribution in [1.82, 2.24) is 34.4 Å². The van der Waals surface area contributed by atoms with Gasteiger partial charge in [-0.15, -0.1) is 0 Å². The number of fused-ring (bicyclic) bond motifs is 10. The van der Waals surface area contributed by atoms with Gasteiger partial charge in [-0.25, -0.2) is 4.79 Å². The normalized spacial score (nSPS) is 21.4. The average Bonchev–Trinajstić information content (AvgIpc) is 1.64. The van der Waals surface area contributed by atoms with Crippen molar-refractivity contribution in [3.05, 3.63) is 215 Å². The van der Waals surface area contributed by atoms with E-state index in [9.17, 15) is 78.8 Å². The number of morpholine rings is 3. The summed E-state index contributed by atoms with van der Waals surface area (Å²) in [6, 6.07) is 37.1. The third-order valence-corrected chi connectivity index (χ3v) is 27.4. The van der Waals surface area contributed by atoms with Crippen LogP contribution in [0.3, 0.4) is 0 Å². The molecule has 6 unspecified atom stereocenters. The first-order valence-electron chi connectivity index (χ1n) is 47.6. The van der Waals surface area contributed by atoms with Gasteiger partial charge in [0.15, 0.2) is 11.6 Å². The fourth-order valence-corrected chi connectivity index (χ4v) is 20.1. The number of halogens is 4. The Balaban J connectivity index is 0.000000226. The minimum absolute atomic E-state index is 0. The van der Waals surface area contributed by atoms with Gasteiger partial charge in [0.05, 0.1) is 183 Å². The van der Waals surface area contributed by atoms with Crippen LogP contribution in [0.2, 0.25) is 0 Å². The Kier molecular flexibility index (Phi) is 50.3. The number of nitrogens with one attached hydrogen (secondary N) is 1. The molecule has 7 aromatic carbocycles. The average molecular weight is 2470 g/mol. The van der Waals surface area contributed by atoms with Gasteiger partial charge < -0.3 is 127 Å². The number of carbonyl (C=O) groups excluding carboxylic acids is 8. The number of nitrogens with two attached hydrogens (primary N) is 1. The van der Waals surface area contributed by atoms with E-state index in [0.29, 0.717) is 169 Å². The van der Waals surface area contributed by atoms with Gasteiger partial charge in [0.1, 0.15) is 45.8 Å². The first-order chi connectivity index (χ1) is 68.5. The van der Waals surface area contributed by atoms with Crippen molar-refractivity contribution in [1.29, 1.82) is 0 Å². The summed E-state index contributed by atoms with van der Waals surface area (Å²) < 4.78 is 54.6. The zero-order valence-corrected chi connectivity index (χ0v) is 89.1. The molecule has 793 valence electrons. The first-order valence-corrected chi connectivity index (χ1v) is 66.4. The SMILES string of the molecule is C.C.C.C.CCOc1cc(C(=O)N2C3CCC2COC3)ccc1C(=O)CC[C@@H](O)[C@@H]1Cc2ccc(OC)cc2CN1.CCOc1cc(C(=O)N2C3CCC2COC3)ccc1C(=O)CC[C@@H](O)[C@@H]1Cc2ccc(OC)cc2CN1[B]C=O.CCOc1cc(C(=O)N2C3CCC2COC3)ccc1C(=O)O.COc1ccc2c(c1)CN([B]C=O)[C@H]([C@H](O)CN)C2.COc1ccc2c(c1)CN([B]C=O)[C@H]([C@H](O)[N+](=O)[O-])C2.II(I)I. The Bertz CT molecular complexity index is 5480. The van der Waals surface area contributed by atoms with E-state index in [-0.39, 0.29) is 158 Å². The summed E-state index contributed by atoms with van der Waals surface area (Å²) in [5, 5.41) is 65.0. The monoisotopic (exact) mass is 2470 g/mol. The Morgan fingerprint density at radius 1 is 0.452 bits per heavy atom. The number of ether oxygens (including phenoxy) is 10. The van der Waals surface area contributed by atoms with E-state index in [0.717, 1.165) is 102 Å². The molecule has 0 saturated carbocycles. The van der Waals surface area contributed by atoms with E-state index in [2.05, 4.69) is 61.2 Å². The molecule has 10 heterocycles. The van der Waals surface area contributed by atoms with Crippen LogP contribution < -0.4 is 44.2 Å². The van der Waals surface area contributed by atoms with Gasteiger partial charge in [-0.2, -0.15) is 0 Å². The Labute approximate surface area is 894 Å². The maximum absolute atomic E-state index is 13.4. The van der Waals surface area contributed by atoms with Crippen molar-refractivity contribution in [3.63, 3.8) is 0 Å². The van der Waals surface area contributed by atoms with Crippen LogP contribution in [0, 0.1) is 10.1 Å². The first kappa shape index (κ1) is 123. The number of ketones is 2. The number of aliphatic hydroxyl groups is 4. The number of Topliss-reactive ketones (excluding diaryl/α,β-unsaturated/α-hetero) is 2. The zero-order valence-electron chi connectivity index (χ0n) is 80.5. The molecule has 0 spiro atoms. The number of hydrogen-bond donors (Lipinski definition) is 7. The predicted octanol–water partition coefficient (Wildman–Crippen LogP) is 13.0. The molecule has 6 saturated heterocycles. The van der Waals surface area contributed by atoms with Gasteiger partial charge in [0.2, 0.25) is 0 Å². The Hall–Kier alpha value is -8.60. The summed E-state index contributed by atoms with van der Waals surface area (Å²) in [5.74, 6) is 2.57. The van der Waals surface area contributed by atoms with Crippen LogP contribution in [0.25, 0.3) is 0 Å². The Morgan fingerprint density at radius 3 is 1.07 bits per heavy atom. The van der Waals surface area contributed by atoms with E-state index >= 15 is 0 Å². The van der Waals surface area contributed by atoms with Gasteiger partial charge >= 0.3 is 75.9 Å². The third kappa shape index (κ3) is 31.6. The van der Waals surface area contributed by atoms with Crippen molar-refractivity contribution in [2.45, 2.75) is 252 Å². The topological polar surface area (TPSA) is 448 Å². The van der Waals surface area contributed by atoms with Gasteiger partial charge in [-0.3, -0.25) is 34.1 Å². The number of methoxy groups -OCH3 is 4. The Morgan fingerprint density at radius 2 is 0.753 bits per heavy atom. The maximum atomic E-state index is 13.4. The molecule has 10 aliphatic rings. The van der Waals surface area contributed by atoms with Crippen LogP contribution in [0.1, 0.15) is 221 Å². The number of nitro groups is 1. The number of aliphatic hydroxyl groups excluding tert-OH is 4. The minimum atomic E-state index is -1.73. The predicted molar refractivity (Wildman–Crippen MR) is 594 cm³/mol. The molecule has 0 aromatic heterocycles. The van der Waals surface area contributed by atoms with Crippen LogP contribution >= 0.6 is 63.7 Å². The van der Waals surface area contributed by atoms with Gasteiger partial charge in [-0.05, 0) is 245 Å². The molecule has 3 amide bonds. The summed E-state index contributed by atoms with van der Waals surface area (Å²) in [6.07, 6.45) is 6.93. The second-order valence-corrected chi connectivity index (χ2v) is 84.5. The van der Waals surface area contributed by atoms with Crippen LogP contribution in [-0.2, 0) is 80.5 Å². The van der Waals surface area contributed by atoms with Crippen molar-refractivity contribution in [2.75, 3.05) is 94.4 Å². The summed E-state index contributed by atoms with van der Waals surface area (Å²) >= 11 is 7.42. The number of carbonyl (C=O) groups is 9. The van der Waals surface area contributed by atoms with Crippen molar-refractivity contribution >= 4 is 140 Å². The van der Waals surface area contributed by atoms with Gasteiger partial charge in [0, 0.05) is 80.4 Å². The molecule has 42 heteroatoms. The second-order valence-electron chi connectivity index (χ2n) is 35.8. The standard InChI is InChI=1S/C30H36BN2O7.C29H36N2O6.C16H19NO5.C13H18BN2O3.C12H14BN2O5.4CH4.I4/c1-3-40-29-14-20(30(37)33-22-6-7-23(33)17-39-16-22)5-9-25(29)27(35)10-11-28(36)26-13-19-4-8-24(38-2)12-21(19)15-32(26)31-18-34;1-3-37-28-14-19(29(34)31-21-6-7-22(31)17-36-16-21)5-9-24(28)26(32)10-11-27(33)25-13-18-4-8-23(35-2)12-20(18)15-30-25;1-2-22-14-7-10(3-6-13(14)16(19)20)15(18)17-11-4-5-12(17)9-21-8-11;1-19-11-3-2-9-5-12(13(18)6-15)16(14-8-17)7-10(9)4-11;1-20-10-3-2-8-5-11(12(17)15(18)19)14(13-7-16)6-9(8)4-10;;;;;1-4(2)3/h4-5,8-9,12,14,18,22-23,26,28,36H,3,6-7,10-11,13,15-17H2,1-2H3;4-5,8-9,12,14,21-22,25,27,30,33H,3,6-7,10-11,13,15-17H2,1-2H3;3,6-7,11-12H,2,4-5,8-9H2,1H3,(H,19,20);2-4,8,12-13,18H,5-7,15H2,1H3;2-4,7,11-12,17H,5-6H2,1H3;4*1H4;/t22?,23?,26-,28+;21?,22?,25-,27+;;12-,13+;11-,12-;;;;;/m00.00...../s1. The zero-order chi connectivity index (χ0) is 102. The molecule has 146 heavy (non-hydrogen) atoms. The number of aromatic carboxylic acids is 1. The quantitative estimate of drug-likeness (QED) is 0.00375. The fourth-order valence-electron chi connectivity index (χ4n) is 20.1. The fraction of sp³-hybridized carbons (Fsp3) is 0.510. The molecular weight excluding hydrogens is 2330 g/mol. The molecule has 6 fully saturated rings. The number of hydrogen-bond acceptors (Lipinski definition) is 30. The van der Waals surface area contributed by atoms with Gasteiger partial charge in [-0.1, -0.05) is 54.0 Å². The summed E-state index contributed by atoms with van der Waals surface area (Å²) in [4.78, 5) is 131. The van der Waals surface area contributed by atoms with E-state index in [4.69, 9.17) is 53.1 Å². The second kappa shape index (κ2) is 59.9. The van der Waals surface area contributed by atoms with E-state index in [1.807, 2.05) is 105 Å². The number of carboxylic acids is 1. The molecule has 14 atom stereocenters. The van der Waals surface area contributed by atoms with Crippen LogP contribution in [0.4, 0.5) is 0 Å². The molecule has 0 aliphatic carbocycles. The number of benzene rings is 7. The summed E-state index contributed by atoms with van der Waals surface area (Å²) in [5.41, 5.74) is 16.5. The number of rotatable bonds is 34. The number of nitrogens with zero attached hydrogens (tertiary/aromatic N) is 7.